The van der Waals surface area contributed by atoms with Crippen molar-refractivity contribution in [3.8, 4) is 12.3 Å². The van der Waals surface area contributed by atoms with Crippen molar-refractivity contribution in [1.82, 2.24) is 10.2 Å². The van der Waals surface area contributed by atoms with Gasteiger partial charge < -0.3 is 20.3 Å². The number of benzene rings is 3. The van der Waals surface area contributed by atoms with Crippen LogP contribution in [0, 0.1) is 18.3 Å². The smallest absolute Gasteiger partial charge is 0.408 e. The summed E-state index contributed by atoms with van der Waals surface area (Å²) in [5.41, 5.74) is 1.15. The van der Waals surface area contributed by atoms with Gasteiger partial charge in [-0.05, 0) is 73.7 Å². The lowest BCUT2D eigenvalue weighted by Crippen LogP contribution is -2.54. The minimum absolute atomic E-state index is 0.0325. The van der Waals surface area contributed by atoms with Crippen LogP contribution in [-0.2, 0) is 14.3 Å². The van der Waals surface area contributed by atoms with E-state index in [2.05, 4.69) is 29.2 Å². The second kappa shape index (κ2) is 12.1. The third-order valence-electron chi connectivity index (χ3n) is 6.79. The van der Waals surface area contributed by atoms with Crippen molar-refractivity contribution >= 4 is 47.0 Å². The summed E-state index contributed by atoms with van der Waals surface area (Å²) in [7, 11) is 0. The maximum atomic E-state index is 14.1. The fraction of sp³-hybridized carbons (Fsp3) is 0.344. The predicted octanol–water partition coefficient (Wildman–Crippen LogP) is 5.56. The second-order valence-corrected chi connectivity index (χ2v) is 11.5. The van der Waals surface area contributed by atoms with Gasteiger partial charge in [0.25, 0.3) is 5.91 Å². The summed E-state index contributed by atoms with van der Waals surface area (Å²) < 4.78 is 5.38. The number of nitrogens with one attached hydrogen (secondary N) is 2. The van der Waals surface area contributed by atoms with Crippen LogP contribution < -0.4 is 10.6 Å². The summed E-state index contributed by atoms with van der Waals surface area (Å²) in [5.74, 6) is 2.03. The molecule has 208 valence electrons. The Hall–Kier alpha value is -3.96. The number of anilines is 1. The Bertz CT molecular complexity index is 1440. The molecule has 3 amide bonds. The Morgan fingerprint density at radius 2 is 1.73 bits per heavy atom. The quantitative estimate of drug-likeness (QED) is 0.250. The summed E-state index contributed by atoms with van der Waals surface area (Å²) in [4.78, 5) is 42.2. The number of thiol groups is 1. The molecule has 4 rings (SSSR count). The minimum atomic E-state index is -0.994. The Kier molecular flexibility index (Phi) is 8.75. The summed E-state index contributed by atoms with van der Waals surface area (Å²) in [6, 6.07) is 18.4. The highest BCUT2D eigenvalue weighted by Crippen LogP contribution is 2.41. The molecule has 40 heavy (non-hydrogen) atoms. The zero-order valence-electron chi connectivity index (χ0n) is 23.2. The predicted molar refractivity (Wildman–Crippen MR) is 161 cm³/mol. The molecular weight excluding hydrogens is 522 g/mol. The Morgan fingerprint density at radius 3 is 2.30 bits per heavy atom. The van der Waals surface area contributed by atoms with Crippen molar-refractivity contribution in [1.29, 1.82) is 0 Å². The van der Waals surface area contributed by atoms with Gasteiger partial charge in [0.2, 0.25) is 5.91 Å². The average molecular weight is 558 g/mol. The van der Waals surface area contributed by atoms with Crippen LogP contribution in [0.2, 0.25) is 0 Å². The highest BCUT2D eigenvalue weighted by Gasteiger charge is 2.48. The fourth-order valence-corrected chi connectivity index (χ4v) is 4.91. The first-order valence-corrected chi connectivity index (χ1v) is 13.9. The van der Waals surface area contributed by atoms with Crippen LogP contribution in [0.1, 0.15) is 51.3 Å². The van der Waals surface area contributed by atoms with Crippen LogP contribution in [0.25, 0.3) is 10.8 Å². The molecule has 4 unspecified atom stereocenters. The Balaban J connectivity index is 1.70. The first kappa shape index (κ1) is 29.0. The molecule has 1 fully saturated rings. The Labute approximate surface area is 241 Å². The molecule has 1 saturated carbocycles. The highest BCUT2D eigenvalue weighted by atomic mass is 32.1. The number of alkyl carbamates (subject to hydrolysis) is 1. The monoisotopic (exact) mass is 557 g/mol. The van der Waals surface area contributed by atoms with Crippen molar-refractivity contribution < 1.29 is 19.1 Å². The van der Waals surface area contributed by atoms with E-state index in [1.54, 1.807) is 49.9 Å². The highest BCUT2D eigenvalue weighted by molar-refractivity contribution is 7.80. The maximum absolute atomic E-state index is 14.1. The summed E-state index contributed by atoms with van der Waals surface area (Å²) in [6.45, 7) is 7.27. The zero-order chi connectivity index (χ0) is 29.0. The van der Waals surface area contributed by atoms with Gasteiger partial charge in [-0.2, -0.15) is 12.6 Å². The molecular formula is C32H35N3O4S. The third-order valence-corrected chi connectivity index (χ3v) is 7.15. The lowest BCUT2D eigenvalue weighted by Gasteiger charge is -2.34. The molecule has 0 heterocycles. The van der Waals surface area contributed by atoms with Crippen LogP contribution in [-0.4, -0.2) is 46.2 Å². The molecule has 0 aliphatic heterocycles. The summed E-state index contributed by atoms with van der Waals surface area (Å²) in [5, 5.41) is 7.70. The zero-order valence-corrected chi connectivity index (χ0v) is 24.1. The van der Waals surface area contributed by atoms with Gasteiger partial charge in [0.15, 0.2) is 0 Å². The van der Waals surface area contributed by atoms with Gasteiger partial charge in [0.05, 0.1) is 0 Å². The van der Waals surface area contributed by atoms with Gasteiger partial charge in [0, 0.05) is 23.0 Å². The molecule has 3 aromatic carbocycles. The molecule has 3 aromatic rings. The number of terminal acetylenes is 1. The van der Waals surface area contributed by atoms with E-state index in [1.807, 2.05) is 49.4 Å². The van der Waals surface area contributed by atoms with Gasteiger partial charge in [-0.15, -0.1) is 6.42 Å². The normalized spacial score (nSPS) is 17.7. The topological polar surface area (TPSA) is 87.7 Å². The van der Waals surface area contributed by atoms with E-state index < -0.39 is 29.7 Å². The molecule has 0 radical (unpaired) electrons. The van der Waals surface area contributed by atoms with E-state index in [0.29, 0.717) is 16.8 Å². The molecule has 2 N–H and O–H groups in total. The van der Waals surface area contributed by atoms with Crippen LogP contribution in [0.15, 0.2) is 66.7 Å². The van der Waals surface area contributed by atoms with Gasteiger partial charge in [-0.1, -0.05) is 55.3 Å². The molecule has 0 aromatic heterocycles. The molecule has 1 aliphatic carbocycles. The van der Waals surface area contributed by atoms with Crippen molar-refractivity contribution in [3.63, 3.8) is 0 Å². The van der Waals surface area contributed by atoms with Crippen molar-refractivity contribution in [2.24, 2.45) is 5.92 Å². The summed E-state index contributed by atoms with van der Waals surface area (Å²) >= 11 is 4.35. The standard InChI is InChI=1S/C32H35N3O4S/c1-6-21-11-13-23(14-12-21)28(29(36)33-25-16-15-22-9-7-8-10-24(22)18-25)35(27-17-20(27)2)30(37)26(19-40)34-31(38)39-32(3,4)5/h1,7-16,18,20,26-28,40H,17,19H2,2-5H3,(H,33,36)(H,34,38). The van der Waals surface area contributed by atoms with E-state index in [1.165, 1.54) is 0 Å². The maximum Gasteiger partial charge on any atom is 0.408 e. The van der Waals surface area contributed by atoms with Crippen molar-refractivity contribution in [3.05, 3.63) is 77.9 Å². The van der Waals surface area contributed by atoms with Gasteiger partial charge >= 0.3 is 6.09 Å². The van der Waals surface area contributed by atoms with E-state index in [9.17, 15) is 14.4 Å². The number of carbonyl (C=O) groups excluding carboxylic acids is 3. The number of fused-ring (bicyclic) bond motifs is 1. The van der Waals surface area contributed by atoms with Gasteiger partial charge in [0.1, 0.15) is 17.7 Å². The van der Waals surface area contributed by atoms with E-state index in [0.717, 1.165) is 17.2 Å². The van der Waals surface area contributed by atoms with Crippen LogP contribution >= 0.6 is 12.6 Å². The molecule has 0 saturated heterocycles. The summed E-state index contributed by atoms with van der Waals surface area (Å²) in [6.07, 6.45) is 5.57. The van der Waals surface area contributed by atoms with E-state index in [-0.39, 0.29) is 23.6 Å². The van der Waals surface area contributed by atoms with E-state index in [4.69, 9.17) is 11.2 Å². The van der Waals surface area contributed by atoms with Gasteiger partial charge in [-0.3, -0.25) is 9.59 Å². The average Bonchev–Trinajstić information content (AvgIpc) is 3.64. The number of amides is 3. The van der Waals surface area contributed by atoms with E-state index >= 15 is 0 Å². The largest absolute Gasteiger partial charge is 0.444 e. The van der Waals surface area contributed by atoms with Crippen LogP contribution in [0.3, 0.4) is 0 Å². The molecule has 0 spiro atoms. The molecule has 8 heteroatoms. The minimum Gasteiger partial charge on any atom is -0.444 e. The molecule has 4 atom stereocenters. The first-order chi connectivity index (χ1) is 19.0. The van der Waals surface area contributed by atoms with Crippen molar-refractivity contribution in [2.45, 2.75) is 57.8 Å². The van der Waals surface area contributed by atoms with Crippen LogP contribution in [0.5, 0.6) is 0 Å². The van der Waals surface area contributed by atoms with Crippen molar-refractivity contribution in [2.75, 3.05) is 11.1 Å². The number of hydrogen-bond acceptors (Lipinski definition) is 5. The Morgan fingerprint density at radius 1 is 1.07 bits per heavy atom. The van der Waals surface area contributed by atoms with Crippen LogP contribution in [0.4, 0.5) is 10.5 Å². The number of nitrogens with zero attached hydrogens (tertiary/aromatic N) is 1. The fourth-order valence-electron chi connectivity index (χ4n) is 4.67. The first-order valence-electron chi connectivity index (χ1n) is 13.3. The number of carbonyl (C=O) groups is 3. The SMILES string of the molecule is C#Cc1ccc(C(C(=O)Nc2ccc3ccccc3c2)N(C(=O)C(CS)NC(=O)OC(C)(C)C)C2CC2C)cc1. The molecule has 0 bridgehead atoms. The number of ether oxygens (including phenoxy) is 1. The van der Waals surface area contributed by atoms with Gasteiger partial charge in [-0.25, -0.2) is 4.79 Å². The number of rotatable bonds is 8. The second-order valence-electron chi connectivity index (χ2n) is 11.1. The number of hydrogen-bond donors (Lipinski definition) is 3. The lowest BCUT2D eigenvalue weighted by molar-refractivity contribution is -0.141. The molecule has 7 nitrogen and oxygen atoms in total. The molecule has 1 aliphatic rings. The lowest BCUT2D eigenvalue weighted by atomic mass is 10.0. The third kappa shape index (κ3) is 6.97.